The van der Waals surface area contributed by atoms with Crippen LogP contribution in [0.4, 0.5) is 0 Å². The van der Waals surface area contributed by atoms with Gasteiger partial charge in [-0.15, -0.1) is 0 Å². The number of piperidine rings is 1. The third-order valence-electron chi connectivity index (χ3n) is 4.59. The van der Waals surface area contributed by atoms with Crippen LogP contribution in [0.2, 0.25) is 0 Å². The number of likely N-dealkylation sites (tertiary alicyclic amines) is 1. The molecule has 23 heavy (non-hydrogen) atoms. The van der Waals surface area contributed by atoms with Crippen molar-refractivity contribution < 1.29 is 9.21 Å². The van der Waals surface area contributed by atoms with Crippen molar-refractivity contribution in [2.45, 2.75) is 18.8 Å². The van der Waals surface area contributed by atoms with E-state index >= 15 is 0 Å². The summed E-state index contributed by atoms with van der Waals surface area (Å²) in [5.74, 6) is 0.539. The molecule has 0 aliphatic carbocycles. The second-order valence-corrected chi connectivity index (χ2v) is 6.80. The topological polar surface area (TPSA) is 49.2 Å². The van der Waals surface area contributed by atoms with Crippen LogP contribution in [0, 0.1) is 0 Å². The molecule has 1 fully saturated rings. The molecule has 5 heteroatoms. The molecule has 118 valence electrons. The van der Waals surface area contributed by atoms with Crippen LogP contribution in [0.1, 0.15) is 34.8 Å². The molecule has 1 aliphatic rings. The molecule has 0 saturated carbocycles. The number of para-hydroxylation sites is 1. The Balaban J connectivity index is 1.45. The quantitative estimate of drug-likeness (QED) is 0.717. The molecular weight excluding hydrogens is 356 g/mol. The molecule has 0 unspecified atom stereocenters. The number of carbonyl (C=O) groups excluding carboxylic acids is 1. The van der Waals surface area contributed by atoms with E-state index in [0.717, 1.165) is 25.9 Å². The molecule has 4 nitrogen and oxygen atoms in total. The zero-order chi connectivity index (χ0) is 15.8. The van der Waals surface area contributed by atoms with Crippen LogP contribution in [-0.2, 0) is 0 Å². The van der Waals surface area contributed by atoms with Crippen LogP contribution < -0.4 is 0 Å². The summed E-state index contributed by atoms with van der Waals surface area (Å²) in [5, 5.41) is 1.25. The Labute approximate surface area is 142 Å². The van der Waals surface area contributed by atoms with E-state index < -0.39 is 0 Å². The number of nitrogens with zero attached hydrogens (tertiary/aromatic N) is 1. The van der Waals surface area contributed by atoms with Gasteiger partial charge < -0.3 is 14.3 Å². The molecule has 0 atom stereocenters. The number of carbonyl (C=O) groups is 1. The molecule has 1 amide bonds. The van der Waals surface area contributed by atoms with Crippen LogP contribution in [0.3, 0.4) is 0 Å². The van der Waals surface area contributed by atoms with Gasteiger partial charge in [0.25, 0.3) is 5.91 Å². The zero-order valence-electron chi connectivity index (χ0n) is 12.6. The molecule has 2 aromatic heterocycles. The summed E-state index contributed by atoms with van der Waals surface area (Å²) in [6, 6.07) is 12.3. The Morgan fingerprint density at radius 1 is 1.22 bits per heavy atom. The van der Waals surface area contributed by atoms with Crippen LogP contribution in [0.15, 0.2) is 51.7 Å². The average molecular weight is 373 g/mol. The fraction of sp³-hybridized carbons (Fsp3) is 0.278. The Kier molecular flexibility index (Phi) is 3.73. The third-order valence-corrected chi connectivity index (χ3v) is 5.00. The van der Waals surface area contributed by atoms with Crippen molar-refractivity contribution in [2.24, 2.45) is 0 Å². The first-order valence-electron chi connectivity index (χ1n) is 7.81. The van der Waals surface area contributed by atoms with Gasteiger partial charge in [-0.05, 0) is 46.3 Å². The number of benzene rings is 1. The Morgan fingerprint density at radius 2 is 2.00 bits per heavy atom. The van der Waals surface area contributed by atoms with E-state index in [1.54, 1.807) is 6.07 Å². The van der Waals surface area contributed by atoms with Crippen LogP contribution in [-0.4, -0.2) is 28.9 Å². The molecule has 3 aromatic rings. The molecule has 4 rings (SSSR count). The third kappa shape index (κ3) is 2.81. The molecule has 1 N–H and O–H groups in total. The standard InChI is InChI=1S/C18H17BrN2O2/c19-17-10-14(11-23-17)18(22)21-7-5-12(6-8-21)16-9-13-3-1-2-4-15(13)20-16/h1-4,9-12,20H,5-8H2. The molecule has 0 bridgehead atoms. The summed E-state index contributed by atoms with van der Waals surface area (Å²) in [6.45, 7) is 1.56. The van der Waals surface area contributed by atoms with Crippen LogP contribution in [0.25, 0.3) is 10.9 Å². The maximum atomic E-state index is 12.4. The smallest absolute Gasteiger partial charge is 0.257 e. The summed E-state index contributed by atoms with van der Waals surface area (Å²) < 4.78 is 5.76. The fourth-order valence-corrected chi connectivity index (χ4v) is 3.65. The van der Waals surface area contributed by atoms with Gasteiger partial charge in [0.05, 0.1) is 5.56 Å². The molecular formula is C18H17BrN2O2. The molecule has 1 saturated heterocycles. The molecule has 0 spiro atoms. The van der Waals surface area contributed by atoms with E-state index in [4.69, 9.17) is 4.42 Å². The van der Waals surface area contributed by atoms with Gasteiger partial charge in [-0.25, -0.2) is 0 Å². The monoisotopic (exact) mass is 372 g/mol. The first kappa shape index (κ1) is 14.6. The van der Waals surface area contributed by atoms with Crippen molar-refractivity contribution in [3.8, 4) is 0 Å². The van der Waals surface area contributed by atoms with Crippen molar-refractivity contribution >= 4 is 32.7 Å². The lowest BCUT2D eigenvalue weighted by Crippen LogP contribution is -2.37. The first-order valence-corrected chi connectivity index (χ1v) is 8.61. The first-order chi connectivity index (χ1) is 11.2. The van der Waals surface area contributed by atoms with Crippen molar-refractivity contribution in [2.75, 3.05) is 13.1 Å². The highest BCUT2D eigenvalue weighted by atomic mass is 79.9. The Bertz CT molecular complexity index is 810. The van der Waals surface area contributed by atoms with Crippen molar-refractivity contribution in [1.82, 2.24) is 9.88 Å². The number of fused-ring (bicyclic) bond motifs is 1. The summed E-state index contributed by atoms with van der Waals surface area (Å²) in [7, 11) is 0. The van der Waals surface area contributed by atoms with Gasteiger partial charge in [-0.1, -0.05) is 18.2 Å². The van der Waals surface area contributed by atoms with Gasteiger partial charge in [0, 0.05) is 36.3 Å². The maximum absolute atomic E-state index is 12.4. The Morgan fingerprint density at radius 3 is 2.70 bits per heavy atom. The fourth-order valence-electron chi connectivity index (χ4n) is 3.31. The van der Waals surface area contributed by atoms with Crippen molar-refractivity contribution in [3.63, 3.8) is 0 Å². The number of nitrogens with one attached hydrogen (secondary N) is 1. The highest BCUT2D eigenvalue weighted by Crippen LogP contribution is 2.30. The largest absolute Gasteiger partial charge is 0.457 e. The number of rotatable bonds is 2. The number of aromatic amines is 1. The van der Waals surface area contributed by atoms with E-state index in [1.165, 1.54) is 22.9 Å². The predicted molar refractivity (Wildman–Crippen MR) is 92.6 cm³/mol. The maximum Gasteiger partial charge on any atom is 0.257 e. The summed E-state index contributed by atoms with van der Waals surface area (Å²) in [5.41, 5.74) is 3.08. The van der Waals surface area contributed by atoms with Crippen molar-refractivity contribution in [3.05, 3.63) is 58.6 Å². The molecule has 1 aromatic carbocycles. The lowest BCUT2D eigenvalue weighted by atomic mass is 9.93. The number of hydrogen-bond acceptors (Lipinski definition) is 2. The highest BCUT2D eigenvalue weighted by Gasteiger charge is 2.26. The minimum absolute atomic E-state index is 0.0505. The summed E-state index contributed by atoms with van der Waals surface area (Å²) >= 11 is 3.24. The number of halogens is 1. The second-order valence-electron chi connectivity index (χ2n) is 6.02. The van der Waals surface area contributed by atoms with Crippen LogP contribution in [0.5, 0.6) is 0 Å². The molecule has 3 heterocycles. The number of furan rings is 1. The van der Waals surface area contributed by atoms with E-state index in [2.05, 4.69) is 45.2 Å². The SMILES string of the molecule is O=C(c1coc(Br)c1)N1CCC(c2cc3ccccc3[nH]2)CC1. The lowest BCUT2D eigenvalue weighted by molar-refractivity contribution is 0.0711. The van der Waals surface area contributed by atoms with Gasteiger partial charge in [0.1, 0.15) is 6.26 Å². The Hall–Kier alpha value is -2.01. The predicted octanol–water partition coefficient (Wildman–Crippen LogP) is 4.54. The minimum atomic E-state index is 0.0505. The van der Waals surface area contributed by atoms with E-state index in [0.29, 0.717) is 16.2 Å². The molecule has 0 radical (unpaired) electrons. The van der Waals surface area contributed by atoms with E-state index in [9.17, 15) is 4.79 Å². The normalized spacial score (nSPS) is 16.1. The lowest BCUT2D eigenvalue weighted by Gasteiger charge is -2.31. The van der Waals surface area contributed by atoms with Gasteiger partial charge in [-0.3, -0.25) is 4.79 Å². The summed E-state index contributed by atoms with van der Waals surface area (Å²) in [6.07, 6.45) is 3.48. The number of H-pyrrole nitrogens is 1. The minimum Gasteiger partial charge on any atom is -0.457 e. The second kappa shape index (κ2) is 5.89. The van der Waals surface area contributed by atoms with Gasteiger partial charge in [0.15, 0.2) is 4.67 Å². The van der Waals surface area contributed by atoms with E-state index in [-0.39, 0.29) is 5.91 Å². The number of aromatic nitrogens is 1. The number of amides is 1. The average Bonchev–Trinajstić information content (AvgIpc) is 3.20. The van der Waals surface area contributed by atoms with Gasteiger partial charge in [0.2, 0.25) is 0 Å². The van der Waals surface area contributed by atoms with Gasteiger partial charge in [-0.2, -0.15) is 0 Å². The summed E-state index contributed by atoms with van der Waals surface area (Å²) in [4.78, 5) is 17.9. The highest BCUT2D eigenvalue weighted by molar-refractivity contribution is 9.10. The zero-order valence-corrected chi connectivity index (χ0v) is 14.2. The van der Waals surface area contributed by atoms with Crippen molar-refractivity contribution in [1.29, 1.82) is 0 Å². The van der Waals surface area contributed by atoms with Crippen LogP contribution >= 0.6 is 15.9 Å². The van der Waals surface area contributed by atoms with Gasteiger partial charge >= 0.3 is 0 Å². The molecule has 1 aliphatic heterocycles. The number of hydrogen-bond donors (Lipinski definition) is 1. The van der Waals surface area contributed by atoms with E-state index in [1.807, 2.05) is 11.0 Å².